The second-order valence-electron chi connectivity index (χ2n) is 3.96. The van der Waals surface area contributed by atoms with E-state index < -0.39 is 11.9 Å². The Morgan fingerprint density at radius 1 is 1.20 bits per heavy atom. The maximum atomic E-state index is 11.6. The fourth-order valence-electron chi connectivity index (χ4n) is 1.55. The Morgan fingerprint density at radius 3 is 2.55 bits per heavy atom. The molecule has 112 valence electrons. The van der Waals surface area contributed by atoms with E-state index in [0.29, 0.717) is 25.5 Å². The van der Waals surface area contributed by atoms with Gasteiger partial charge in [-0.3, -0.25) is 4.79 Å². The lowest BCUT2D eigenvalue weighted by molar-refractivity contribution is -0.139. The van der Waals surface area contributed by atoms with Crippen LogP contribution in [0.5, 0.6) is 0 Å². The number of methoxy groups -OCH3 is 2. The number of nitrogens with zero attached hydrogens (tertiary/aromatic N) is 3. The van der Waals surface area contributed by atoms with Crippen LogP contribution in [0.15, 0.2) is 0 Å². The van der Waals surface area contributed by atoms with E-state index in [1.807, 2.05) is 6.92 Å². The smallest absolute Gasteiger partial charge is 0.360 e. The summed E-state index contributed by atoms with van der Waals surface area (Å²) in [6.07, 6.45) is 0.821. The van der Waals surface area contributed by atoms with Gasteiger partial charge < -0.3 is 14.2 Å². The summed E-state index contributed by atoms with van der Waals surface area (Å²) >= 11 is 0. The van der Waals surface area contributed by atoms with Crippen LogP contribution < -0.4 is 0 Å². The molecule has 1 aromatic heterocycles. The van der Waals surface area contributed by atoms with Crippen molar-refractivity contribution in [3.63, 3.8) is 0 Å². The van der Waals surface area contributed by atoms with Gasteiger partial charge in [0.1, 0.15) is 0 Å². The maximum Gasteiger partial charge on any atom is 0.360 e. The monoisotopic (exact) mass is 285 g/mol. The van der Waals surface area contributed by atoms with Gasteiger partial charge >= 0.3 is 11.9 Å². The molecule has 20 heavy (non-hydrogen) atoms. The molecule has 0 saturated heterocycles. The van der Waals surface area contributed by atoms with Gasteiger partial charge in [0.15, 0.2) is 5.69 Å². The number of esters is 2. The molecule has 8 nitrogen and oxygen atoms in total. The second-order valence-corrected chi connectivity index (χ2v) is 3.96. The van der Waals surface area contributed by atoms with Crippen LogP contribution in [0.25, 0.3) is 0 Å². The molecule has 0 radical (unpaired) electrons. The summed E-state index contributed by atoms with van der Waals surface area (Å²) in [5.74, 6) is -1.11. The minimum absolute atomic E-state index is 0.0217. The topological polar surface area (TPSA) is 92.5 Å². The lowest BCUT2D eigenvalue weighted by Crippen LogP contribution is -2.17. The molecular weight excluding hydrogens is 266 g/mol. The molecule has 0 saturated carbocycles. The Kier molecular flexibility index (Phi) is 6.65. The highest BCUT2D eigenvalue weighted by Gasteiger charge is 2.22. The Hall–Kier alpha value is -1.96. The van der Waals surface area contributed by atoms with E-state index in [-0.39, 0.29) is 12.1 Å². The lowest BCUT2D eigenvalue weighted by Gasteiger charge is -2.07. The molecule has 0 unspecified atom stereocenters. The molecule has 0 aliphatic heterocycles. The first-order valence-corrected chi connectivity index (χ1v) is 6.29. The fourth-order valence-corrected chi connectivity index (χ4v) is 1.55. The molecule has 8 heteroatoms. The molecule has 0 bridgehead atoms. The molecule has 1 aromatic rings. The number of rotatable bonds is 8. The van der Waals surface area contributed by atoms with Crippen LogP contribution in [0.4, 0.5) is 0 Å². The van der Waals surface area contributed by atoms with Crippen molar-refractivity contribution >= 4 is 11.9 Å². The van der Waals surface area contributed by atoms with Crippen molar-refractivity contribution in [2.24, 2.45) is 0 Å². The molecule has 0 N–H and O–H groups in total. The summed E-state index contributed by atoms with van der Waals surface area (Å²) in [5.41, 5.74) is 0.386. The summed E-state index contributed by atoms with van der Waals surface area (Å²) in [7, 11) is 2.52. The van der Waals surface area contributed by atoms with Gasteiger partial charge in [0, 0.05) is 6.61 Å². The van der Waals surface area contributed by atoms with Crippen LogP contribution in [0.3, 0.4) is 0 Å². The van der Waals surface area contributed by atoms with E-state index >= 15 is 0 Å². The third kappa shape index (κ3) is 4.30. The summed E-state index contributed by atoms with van der Waals surface area (Å²) in [6, 6.07) is 0. The first-order chi connectivity index (χ1) is 9.63. The molecule has 0 spiro atoms. The highest BCUT2D eigenvalue weighted by atomic mass is 16.5. The molecule has 0 fully saturated rings. The van der Waals surface area contributed by atoms with E-state index in [1.165, 1.54) is 18.9 Å². The standard InChI is InChI=1S/C12H19N3O5/c1-4-6-20-7-5-15-9(8-10(16)18-2)11(13-14-15)12(17)19-3/h4-8H2,1-3H3. The van der Waals surface area contributed by atoms with Crippen LogP contribution >= 0.6 is 0 Å². The number of ether oxygens (including phenoxy) is 3. The van der Waals surface area contributed by atoms with Gasteiger partial charge in [0.25, 0.3) is 0 Å². The summed E-state index contributed by atoms with van der Waals surface area (Å²) in [5, 5.41) is 7.60. The van der Waals surface area contributed by atoms with Crippen molar-refractivity contribution in [2.75, 3.05) is 27.4 Å². The van der Waals surface area contributed by atoms with Gasteiger partial charge in [-0.15, -0.1) is 5.10 Å². The fraction of sp³-hybridized carbons (Fsp3) is 0.667. The first-order valence-electron chi connectivity index (χ1n) is 6.29. The summed E-state index contributed by atoms with van der Waals surface area (Å²) < 4.78 is 16.0. The maximum absolute atomic E-state index is 11.6. The van der Waals surface area contributed by atoms with Gasteiger partial charge in [0.05, 0.1) is 39.5 Å². The minimum atomic E-state index is -0.635. The largest absolute Gasteiger partial charge is 0.469 e. The third-order valence-corrected chi connectivity index (χ3v) is 2.55. The van der Waals surface area contributed by atoms with Gasteiger partial charge in [-0.1, -0.05) is 12.1 Å². The summed E-state index contributed by atoms with van der Waals surface area (Å²) in [4.78, 5) is 23.0. The zero-order chi connectivity index (χ0) is 15.0. The number of carbonyl (C=O) groups is 2. The van der Waals surface area contributed by atoms with Crippen molar-refractivity contribution < 1.29 is 23.8 Å². The normalized spacial score (nSPS) is 10.3. The van der Waals surface area contributed by atoms with Crippen LogP contribution in [-0.4, -0.2) is 54.4 Å². The van der Waals surface area contributed by atoms with Gasteiger partial charge in [0.2, 0.25) is 0 Å². The predicted molar refractivity (Wildman–Crippen MR) is 68.2 cm³/mol. The Morgan fingerprint density at radius 2 is 1.95 bits per heavy atom. The average Bonchev–Trinajstić information content (AvgIpc) is 2.85. The van der Waals surface area contributed by atoms with Gasteiger partial charge in [-0.25, -0.2) is 9.48 Å². The van der Waals surface area contributed by atoms with Crippen molar-refractivity contribution in [3.8, 4) is 0 Å². The van der Waals surface area contributed by atoms with Crippen molar-refractivity contribution in [1.82, 2.24) is 15.0 Å². The molecule has 0 aliphatic rings. The van der Waals surface area contributed by atoms with Crippen LogP contribution in [-0.2, 0) is 32.0 Å². The van der Waals surface area contributed by atoms with Gasteiger partial charge in [-0.2, -0.15) is 0 Å². The third-order valence-electron chi connectivity index (χ3n) is 2.55. The number of hydrogen-bond donors (Lipinski definition) is 0. The van der Waals surface area contributed by atoms with E-state index in [2.05, 4.69) is 19.8 Å². The zero-order valence-corrected chi connectivity index (χ0v) is 11.9. The summed E-state index contributed by atoms with van der Waals surface area (Å²) in [6.45, 7) is 3.47. The number of carbonyl (C=O) groups excluding carboxylic acids is 2. The van der Waals surface area contributed by atoms with Crippen molar-refractivity contribution in [1.29, 1.82) is 0 Å². The highest BCUT2D eigenvalue weighted by Crippen LogP contribution is 2.09. The van der Waals surface area contributed by atoms with Crippen molar-refractivity contribution in [2.45, 2.75) is 26.3 Å². The van der Waals surface area contributed by atoms with E-state index in [4.69, 9.17) is 4.74 Å². The minimum Gasteiger partial charge on any atom is -0.469 e. The molecule has 0 aliphatic carbocycles. The Labute approximate surface area is 117 Å². The molecule has 0 aromatic carbocycles. The molecule has 0 amide bonds. The molecule has 0 atom stereocenters. The second kappa shape index (κ2) is 8.26. The highest BCUT2D eigenvalue weighted by molar-refractivity contribution is 5.89. The van der Waals surface area contributed by atoms with E-state index in [0.717, 1.165) is 6.42 Å². The lowest BCUT2D eigenvalue weighted by atomic mass is 10.2. The predicted octanol–water partition coefficient (Wildman–Crippen LogP) is 0.207. The molecule has 1 heterocycles. The number of hydrogen-bond acceptors (Lipinski definition) is 7. The molecular formula is C12H19N3O5. The Bertz CT molecular complexity index is 458. The van der Waals surface area contributed by atoms with Crippen LogP contribution in [0.2, 0.25) is 0 Å². The molecule has 1 rings (SSSR count). The Balaban J connectivity index is 2.84. The SMILES string of the molecule is CCCOCCn1nnc(C(=O)OC)c1CC(=O)OC. The quantitative estimate of drug-likeness (QED) is 0.498. The van der Waals surface area contributed by atoms with Gasteiger partial charge in [-0.05, 0) is 6.42 Å². The van der Waals surface area contributed by atoms with Crippen molar-refractivity contribution in [3.05, 3.63) is 11.4 Å². The zero-order valence-electron chi connectivity index (χ0n) is 11.9. The van der Waals surface area contributed by atoms with Crippen LogP contribution in [0.1, 0.15) is 29.5 Å². The van der Waals surface area contributed by atoms with Crippen LogP contribution in [0, 0.1) is 0 Å². The number of aromatic nitrogens is 3. The average molecular weight is 285 g/mol. The van der Waals surface area contributed by atoms with E-state index in [1.54, 1.807) is 0 Å². The van der Waals surface area contributed by atoms with E-state index in [9.17, 15) is 9.59 Å². The first kappa shape index (κ1) is 16.1.